The Morgan fingerprint density at radius 1 is 1.14 bits per heavy atom. The van der Waals surface area contributed by atoms with Crippen molar-refractivity contribution in [2.45, 2.75) is 46.1 Å². The van der Waals surface area contributed by atoms with Gasteiger partial charge in [-0.15, -0.1) is 0 Å². The number of hydrogen-bond donors (Lipinski definition) is 4. The summed E-state index contributed by atoms with van der Waals surface area (Å²) in [5.74, 6) is -0.716. The Morgan fingerprint density at radius 3 is 2.38 bits per heavy atom. The molecule has 4 amide bonds. The maximum absolute atomic E-state index is 12.8. The SMILES string of the molecule is CCCc1c(C(=O)Nc2ccc(CC3NC(=O)NC3=O)cc2)[nH]c(C)c1C(C)=O. The van der Waals surface area contributed by atoms with Gasteiger partial charge in [-0.2, -0.15) is 0 Å². The van der Waals surface area contributed by atoms with Crippen LogP contribution < -0.4 is 16.0 Å². The molecule has 8 nitrogen and oxygen atoms in total. The molecule has 2 aromatic rings. The van der Waals surface area contributed by atoms with E-state index in [1.165, 1.54) is 6.92 Å². The number of ketones is 1. The Morgan fingerprint density at radius 2 is 1.83 bits per heavy atom. The lowest BCUT2D eigenvalue weighted by molar-refractivity contribution is -0.120. The molecule has 152 valence electrons. The van der Waals surface area contributed by atoms with Crippen molar-refractivity contribution in [2.24, 2.45) is 0 Å². The van der Waals surface area contributed by atoms with Gasteiger partial charge in [-0.1, -0.05) is 25.5 Å². The van der Waals surface area contributed by atoms with E-state index in [0.29, 0.717) is 35.5 Å². The Balaban J connectivity index is 1.73. The monoisotopic (exact) mass is 396 g/mol. The van der Waals surface area contributed by atoms with Crippen LogP contribution in [0.4, 0.5) is 10.5 Å². The molecule has 0 spiro atoms. The van der Waals surface area contributed by atoms with Crippen LogP contribution >= 0.6 is 0 Å². The molecule has 4 N–H and O–H groups in total. The number of aryl methyl sites for hydroxylation is 1. The number of rotatable bonds is 7. The molecular weight excluding hydrogens is 372 g/mol. The smallest absolute Gasteiger partial charge is 0.322 e. The van der Waals surface area contributed by atoms with E-state index >= 15 is 0 Å². The highest BCUT2D eigenvalue weighted by Crippen LogP contribution is 2.23. The minimum absolute atomic E-state index is 0.0614. The lowest BCUT2D eigenvalue weighted by Crippen LogP contribution is -2.31. The number of carbonyl (C=O) groups excluding carboxylic acids is 4. The Hall–Kier alpha value is -3.42. The molecule has 29 heavy (non-hydrogen) atoms. The summed E-state index contributed by atoms with van der Waals surface area (Å²) in [6.45, 7) is 5.29. The molecule has 8 heteroatoms. The summed E-state index contributed by atoms with van der Waals surface area (Å²) in [6.07, 6.45) is 1.82. The second-order valence-corrected chi connectivity index (χ2v) is 7.16. The quantitative estimate of drug-likeness (QED) is 0.424. The van der Waals surface area contributed by atoms with Crippen LogP contribution in [0.25, 0.3) is 0 Å². The van der Waals surface area contributed by atoms with Gasteiger partial charge in [0.05, 0.1) is 0 Å². The first-order valence-corrected chi connectivity index (χ1v) is 9.54. The highest BCUT2D eigenvalue weighted by atomic mass is 16.2. The maximum atomic E-state index is 12.8. The van der Waals surface area contributed by atoms with Crippen LogP contribution in [0.5, 0.6) is 0 Å². The zero-order chi connectivity index (χ0) is 21.1. The van der Waals surface area contributed by atoms with E-state index < -0.39 is 12.1 Å². The minimum Gasteiger partial charge on any atom is -0.354 e. The number of amides is 4. The molecule has 0 saturated carbocycles. The van der Waals surface area contributed by atoms with Gasteiger partial charge in [0.25, 0.3) is 11.8 Å². The summed E-state index contributed by atoms with van der Waals surface area (Å²) < 4.78 is 0. The first-order valence-electron chi connectivity index (χ1n) is 9.54. The fourth-order valence-corrected chi connectivity index (χ4v) is 3.60. The molecule has 0 aliphatic carbocycles. The average Bonchev–Trinajstić information content (AvgIpc) is 3.15. The summed E-state index contributed by atoms with van der Waals surface area (Å²) in [6, 6.07) is 5.98. The number of urea groups is 1. The van der Waals surface area contributed by atoms with Crippen molar-refractivity contribution in [3.8, 4) is 0 Å². The van der Waals surface area contributed by atoms with Gasteiger partial charge in [0.1, 0.15) is 11.7 Å². The molecule has 3 rings (SSSR count). The van der Waals surface area contributed by atoms with E-state index in [9.17, 15) is 19.2 Å². The maximum Gasteiger partial charge on any atom is 0.322 e. The molecule has 0 bridgehead atoms. The van der Waals surface area contributed by atoms with Crippen molar-refractivity contribution in [3.05, 3.63) is 52.3 Å². The fourth-order valence-electron chi connectivity index (χ4n) is 3.60. The highest BCUT2D eigenvalue weighted by Gasteiger charge is 2.29. The molecule has 1 aromatic heterocycles. The summed E-state index contributed by atoms with van der Waals surface area (Å²) >= 11 is 0. The number of imide groups is 1. The summed E-state index contributed by atoms with van der Waals surface area (Å²) in [5, 5.41) is 7.60. The van der Waals surface area contributed by atoms with Crippen molar-refractivity contribution in [1.29, 1.82) is 0 Å². The second-order valence-electron chi connectivity index (χ2n) is 7.16. The normalized spacial score (nSPS) is 15.8. The summed E-state index contributed by atoms with van der Waals surface area (Å²) in [5.41, 5.74) is 3.88. The van der Waals surface area contributed by atoms with Gasteiger partial charge in [0.2, 0.25) is 0 Å². The van der Waals surface area contributed by atoms with Gasteiger partial charge >= 0.3 is 6.03 Å². The van der Waals surface area contributed by atoms with E-state index in [1.54, 1.807) is 31.2 Å². The molecule has 1 aliphatic rings. The fraction of sp³-hybridized carbons (Fsp3) is 0.333. The highest BCUT2D eigenvalue weighted by molar-refractivity contribution is 6.08. The van der Waals surface area contributed by atoms with E-state index in [1.807, 2.05) is 6.92 Å². The van der Waals surface area contributed by atoms with Gasteiger partial charge < -0.3 is 15.6 Å². The zero-order valence-corrected chi connectivity index (χ0v) is 16.6. The van der Waals surface area contributed by atoms with Crippen molar-refractivity contribution in [2.75, 3.05) is 5.32 Å². The molecule has 0 radical (unpaired) electrons. The third-order valence-electron chi connectivity index (χ3n) is 4.88. The Bertz CT molecular complexity index is 975. The minimum atomic E-state index is -0.591. The van der Waals surface area contributed by atoms with Crippen LogP contribution in [-0.2, 0) is 17.6 Å². The first-order chi connectivity index (χ1) is 13.8. The number of anilines is 1. The van der Waals surface area contributed by atoms with Gasteiger partial charge in [-0.05, 0) is 43.5 Å². The van der Waals surface area contributed by atoms with Crippen LogP contribution in [0, 0.1) is 6.92 Å². The van der Waals surface area contributed by atoms with Crippen molar-refractivity contribution in [1.82, 2.24) is 15.6 Å². The summed E-state index contributed by atoms with van der Waals surface area (Å²) in [7, 11) is 0. The van der Waals surface area contributed by atoms with E-state index in [0.717, 1.165) is 17.5 Å². The second kappa shape index (κ2) is 8.30. The lowest BCUT2D eigenvalue weighted by atomic mass is 10.0. The van der Waals surface area contributed by atoms with Crippen LogP contribution in [0.2, 0.25) is 0 Å². The Kier molecular flexibility index (Phi) is 5.81. The van der Waals surface area contributed by atoms with Crippen molar-refractivity contribution in [3.63, 3.8) is 0 Å². The lowest BCUT2D eigenvalue weighted by Gasteiger charge is -2.10. The number of hydrogen-bond acceptors (Lipinski definition) is 4. The largest absolute Gasteiger partial charge is 0.354 e. The molecule has 1 atom stereocenters. The van der Waals surface area contributed by atoms with E-state index in [4.69, 9.17) is 0 Å². The first kappa shape index (κ1) is 20.3. The van der Waals surface area contributed by atoms with Gasteiger partial charge in [-0.3, -0.25) is 19.7 Å². The van der Waals surface area contributed by atoms with Crippen molar-refractivity contribution >= 4 is 29.3 Å². The van der Waals surface area contributed by atoms with Crippen LogP contribution in [0.15, 0.2) is 24.3 Å². The number of H-pyrrole nitrogens is 1. The molecule has 2 heterocycles. The number of aromatic amines is 1. The summed E-state index contributed by atoms with van der Waals surface area (Å²) in [4.78, 5) is 50.6. The van der Waals surface area contributed by atoms with Gasteiger partial charge in [0.15, 0.2) is 5.78 Å². The molecule has 1 aliphatic heterocycles. The number of nitrogens with one attached hydrogen (secondary N) is 4. The Labute approximate surface area is 168 Å². The van der Waals surface area contributed by atoms with Gasteiger partial charge in [-0.25, -0.2) is 4.79 Å². The number of carbonyl (C=O) groups is 4. The van der Waals surface area contributed by atoms with Crippen LogP contribution in [-0.4, -0.2) is 34.7 Å². The van der Waals surface area contributed by atoms with Crippen LogP contribution in [0.1, 0.15) is 57.9 Å². The standard InChI is InChI=1S/C21H24N4O4/c1-4-5-15-17(12(3)26)11(2)22-18(15)20(28)23-14-8-6-13(7-9-14)10-16-19(27)25-21(29)24-16/h6-9,16,22H,4-5,10H2,1-3H3,(H,23,28)(H2,24,25,27,29). The zero-order valence-electron chi connectivity index (χ0n) is 16.6. The third kappa shape index (κ3) is 4.37. The molecule has 1 fully saturated rings. The van der Waals surface area contributed by atoms with E-state index in [-0.39, 0.29) is 17.6 Å². The number of Topliss-reactive ketones (excluding diaryl/α,β-unsaturated/α-hetero) is 1. The predicted octanol–water partition coefficient (Wildman–Crippen LogP) is 2.48. The number of benzene rings is 1. The average molecular weight is 396 g/mol. The van der Waals surface area contributed by atoms with Crippen molar-refractivity contribution < 1.29 is 19.2 Å². The van der Waals surface area contributed by atoms with Gasteiger partial charge in [0, 0.05) is 23.4 Å². The predicted molar refractivity (Wildman–Crippen MR) is 108 cm³/mol. The number of aromatic nitrogens is 1. The third-order valence-corrected chi connectivity index (χ3v) is 4.88. The van der Waals surface area contributed by atoms with Crippen LogP contribution in [0.3, 0.4) is 0 Å². The molecular formula is C21H24N4O4. The molecule has 1 saturated heterocycles. The molecule has 1 unspecified atom stereocenters. The molecule has 1 aromatic carbocycles. The topological polar surface area (TPSA) is 120 Å². The van der Waals surface area contributed by atoms with E-state index in [2.05, 4.69) is 20.9 Å².